The van der Waals surface area contributed by atoms with Gasteiger partial charge in [0.25, 0.3) is 0 Å². The highest BCUT2D eigenvalue weighted by Crippen LogP contribution is 2.25. The molecule has 0 aliphatic heterocycles. The molecule has 0 spiro atoms. The van der Waals surface area contributed by atoms with Gasteiger partial charge < -0.3 is 10.6 Å². The third-order valence-electron chi connectivity index (χ3n) is 3.17. The number of unbranched alkanes of at least 4 members (excludes halogenated alkanes) is 2. The van der Waals surface area contributed by atoms with Crippen LogP contribution in [0.4, 0.5) is 5.69 Å². The molecule has 0 aliphatic rings. The second-order valence-electron chi connectivity index (χ2n) is 4.67. The molecule has 0 radical (unpaired) electrons. The Morgan fingerprint density at radius 2 is 1.72 bits per heavy atom. The summed E-state index contributed by atoms with van der Waals surface area (Å²) in [7, 11) is 0. The van der Waals surface area contributed by atoms with E-state index in [0.29, 0.717) is 6.54 Å². The summed E-state index contributed by atoms with van der Waals surface area (Å²) in [6, 6.07) is 6.05. The molecule has 0 fully saturated rings. The summed E-state index contributed by atoms with van der Waals surface area (Å²) in [5.41, 5.74) is 8.23. The Kier molecular flexibility index (Phi) is 7.14. The average Bonchev–Trinajstić information content (AvgIpc) is 2.39. The molecule has 1 aromatic rings. The maximum absolute atomic E-state index is 6.03. The quantitative estimate of drug-likeness (QED) is 0.765. The Morgan fingerprint density at radius 1 is 1.11 bits per heavy atom. The number of anilines is 1. The molecule has 1 aromatic carbocycles. The highest BCUT2D eigenvalue weighted by molar-refractivity contribution is 6.30. The molecule has 0 amide bonds. The van der Waals surface area contributed by atoms with Crippen molar-refractivity contribution in [3.05, 3.63) is 28.8 Å². The number of nitrogens with zero attached hydrogens (tertiary/aromatic N) is 1. The second-order valence-corrected chi connectivity index (χ2v) is 5.11. The van der Waals surface area contributed by atoms with E-state index in [2.05, 4.69) is 24.8 Å². The van der Waals surface area contributed by atoms with Gasteiger partial charge in [-0.15, -0.1) is 0 Å². The van der Waals surface area contributed by atoms with Crippen LogP contribution in [0.25, 0.3) is 0 Å². The maximum atomic E-state index is 6.03. The largest absolute Gasteiger partial charge is 0.371 e. The van der Waals surface area contributed by atoms with E-state index >= 15 is 0 Å². The lowest BCUT2D eigenvalue weighted by molar-refractivity contribution is 0.675. The SMILES string of the molecule is CCCCN(CCCC)c1ccc(Cl)cc1CN. The van der Waals surface area contributed by atoms with Gasteiger partial charge in [-0.05, 0) is 36.6 Å². The molecule has 102 valence electrons. The number of nitrogens with two attached hydrogens (primary N) is 1. The van der Waals surface area contributed by atoms with Crippen molar-refractivity contribution in [1.82, 2.24) is 0 Å². The topological polar surface area (TPSA) is 29.3 Å². The molecule has 2 N–H and O–H groups in total. The van der Waals surface area contributed by atoms with Crippen molar-refractivity contribution in [2.45, 2.75) is 46.1 Å². The number of rotatable bonds is 8. The van der Waals surface area contributed by atoms with Gasteiger partial charge in [0.15, 0.2) is 0 Å². The Bertz CT molecular complexity index is 344. The number of halogens is 1. The van der Waals surface area contributed by atoms with E-state index < -0.39 is 0 Å². The first-order chi connectivity index (χ1) is 8.72. The van der Waals surface area contributed by atoms with Crippen LogP contribution < -0.4 is 10.6 Å². The van der Waals surface area contributed by atoms with E-state index in [1.54, 1.807) is 0 Å². The van der Waals surface area contributed by atoms with E-state index in [4.69, 9.17) is 17.3 Å². The first kappa shape index (κ1) is 15.3. The van der Waals surface area contributed by atoms with Gasteiger partial charge in [0, 0.05) is 30.3 Å². The first-order valence-corrected chi connectivity index (χ1v) is 7.34. The zero-order valence-electron chi connectivity index (χ0n) is 11.6. The standard InChI is InChI=1S/C15H25ClN2/c1-3-5-9-18(10-6-4-2)15-8-7-14(16)11-13(15)12-17/h7-8,11H,3-6,9-10,12,17H2,1-2H3. The Morgan fingerprint density at radius 3 is 2.22 bits per heavy atom. The predicted octanol–water partition coefficient (Wildman–Crippen LogP) is 4.21. The van der Waals surface area contributed by atoms with Crippen LogP contribution >= 0.6 is 11.6 Å². The molecule has 3 heteroatoms. The lowest BCUT2D eigenvalue weighted by atomic mass is 10.1. The zero-order valence-corrected chi connectivity index (χ0v) is 12.3. The van der Waals surface area contributed by atoms with Gasteiger partial charge in [-0.1, -0.05) is 38.3 Å². The third kappa shape index (κ3) is 4.51. The van der Waals surface area contributed by atoms with Gasteiger partial charge in [-0.25, -0.2) is 0 Å². The molecule has 1 rings (SSSR count). The molecule has 0 unspecified atom stereocenters. The molecule has 0 aliphatic carbocycles. The maximum Gasteiger partial charge on any atom is 0.0412 e. The third-order valence-corrected chi connectivity index (χ3v) is 3.40. The van der Waals surface area contributed by atoms with E-state index in [1.165, 1.54) is 31.4 Å². The smallest absolute Gasteiger partial charge is 0.0412 e. The molecule has 2 nitrogen and oxygen atoms in total. The van der Waals surface area contributed by atoms with Crippen molar-refractivity contribution in [3.63, 3.8) is 0 Å². The normalized spacial score (nSPS) is 10.7. The van der Waals surface area contributed by atoms with Gasteiger partial charge in [0.2, 0.25) is 0 Å². The van der Waals surface area contributed by atoms with Gasteiger partial charge in [-0.3, -0.25) is 0 Å². The fourth-order valence-corrected chi connectivity index (χ4v) is 2.27. The minimum Gasteiger partial charge on any atom is -0.371 e. The van der Waals surface area contributed by atoms with Crippen LogP contribution in [0.2, 0.25) is 5.02 Å². The molecular weight excluding hydrogens is 244 g/mol. The molecule has 0 bridgehead atoms. The van der Waals surface area contributed by atoms with E-state index in [0.717, 1.165) is 23.7 Å². The van der Waals surface area contributed by atoms with Gasteiger partial charge in [0.05, 0.1) is 0 Å². The van der Waals surface area contributed by atoms with Crippen LogP contribution in [0, 0.1) is 0 Å². The van der Waals surface area contributed by atoms with Crippen LogP contribution in [0.15, 0.2) is 18.2 Å². The van der Waals surface area contributed by atoms with Crippen molar-refractivity contribution in [1.29, 1.82) is 0 Å². The summed E-state index contributed by atoms with van der Waals surface area (Å²) in [6.45, 7) is 7.20. The lowest BCUT2D eigenvalue weighted by Crippen LogP contribution is -2.27. The summed E-state index contributed by atoms with van der Waals surface area (Å²) < 4.78 is 0. The highest BCUT2D eigenvalue weighted by Gasteiger charge is 2.10. The summed E-state index contributed by atoms with van der Waals surface area (Å²) in [5.74, 6) is 0. The van der Waals surface area contributed by atoms with Crippen LogP contribution in [0.5, 0.6) is 0 Å². The molecule has 0 heterocycles. The van der Waals surface area contributed by atoms with Crippen molar-refractivity contribution >= 4 is 17.3 Å². The van der Waals surface area contributed by atoms with Crippen LogP contribution in [0.1, 0.15) is 45.1 Å². The second kappa shape index (κ2) is 8.39. The predicted molar refractivity (Wildman–Crippen MR) is 81.4 cm³/mol. The summed E-state index contributed by atoms with van der Waals surface area (Å²) in [6.07, 6.45) is 4.87. The lowest BCUT2D eigenvalue weighted by Gasteiger charge is -2.27. The minimum atomic E-state index is 0.546. The molecule has 18 heavy (non-hydrogen) atoms. The summed E-state index contributed by atoms with van der Waals surface area (Å²) >= 11 is 6.03. The minimum absolute atomic E-state index is 0.546. The first-order valence-electron chi connectivity index (χ1n) is 6.96. The summed E-state index contributed by atoms with van der Waals surface area (Å²) in [4.78, 5) is 2.45. The summed E-state index contributed by atoms with van der Waals surface area (Å²) in [5, 5.41) is 0.769. The fraction of sp³-hybridized carbons (Fsp3) is 0.600. The molecule has 0 saturated carbocycles. The van der Waals surface area contributed by atoms with Gasteiger partial charge in [0.1, 0.15) is 0 Å². The van der Waals surface area contributed by atoms with Crippen molar-refractivity contribution < 1.29 is 0 Å². The molecule has 0 saturated heterocycles. The Balaban J connectivity index is 2.88. The van der Waals surface area contributed by atoms with Crippen molar-refractivity contribution in [2.24, 2.45) is 5.73 Å². The Labute approximate surface area is 116 Å². The van der Waals surface area contributed by atoms with Crippen LogP contribution in [-0.2, 0) is 6.54 Å². The van der Waals surface area contributed by atoms with Crippen LogP contribution in [-0.4, -0.2) is 13.1 Å². The van der Waals surface area contributed by atoms with E-state index in [-0.39, 0.29) is 0 Å². The fourth-order valence-electron chi connectivity index (χ4n) is 2.08. The zero-order chi connectivity index (χ0) is 13.4. The van der Waals surface area contributed by atoms with E-state index in [1.807, 2.05) is 12.1 Å². The molecule has 0 atom stereocenters. The van der Waals surface area contributed by atoms with Crippen molar-refractivity contribution in [2.75, 3.05) is 18.0 Å². The number of hydrogen-bond acceptors (Lipinski definition) is 2. The average molecular weight is 269 g/mol. The number of hydrogen-bond donors (Lipinski definition) is 1. The Hall–Kier alpha value is -0.730. The monoisotopic (exact) mass is 268 g/mol. The van der Waals surface area contributed by atoms with Crippen LogP contribution in [0.3, 0.4) is 0 Å². The van der Waals surface area contributed by atoms with Gasteiger partial charge >= 0.3 is 0 Å². The highest BCUT2D eigenvalue weighted by atomic mass is 35.5. The van der Waals surface area contributed by atoms with Crippen molar-refractivity contribution in [3.8, 4) is 0 Å². The number of benzene rings is 1. The van der Waals surface area contributed by atoms with E-state index in [9.17, 15) is 0 Å². The molecule has 0 aromatic heterocycles. The van der Waals surface area contributed by atoms with Gasteiger partial charge in [-0.2, -0.15) is 0 Å². The molecular formula is C15H25ClN2.